The van der Waals surface area contributed by atoms with E-state index in [1.807, 2.05) is 0 Å². The van der Waals surface area contributed by atoms with Gasteiger partial charge >= 0.3 is 0 Å². The van der Waals surface area contributed by atoms with Gasteiger partial charge in [-0.15, -0.1) is 0 Å². The second kappa shape index (κ2) is 7.80. The summed E-state index contributed by atoms with van der Waals surface area (Å²) in [5, 5.41) is 21.5. The van der Waals surface area contributed by atoms with Crippen molar-refractivity contribution in [2.75, 3.05) is 0 Å². The van der Waals surface area contributed by atoms with Gasteiger partial charge in [-0.05, 0) is 97.7 Å². The van der Waals surface area contributed by atoms with Crippen molar-refractivity contribution >= 4 is 0 Å². The molecular weight excluding hydrogens is 356 g/mol. The molecule has 2 N–H and O–H groups in total. The standard InChI is InChI=1S/C27H48O2/c1-18(2)8-6-9-19(3)21-11-12-22-20-10-13-24-26(5,15-7-16-27(24,28)29)23(20)14-17-25(21,22)4/h18-24,28-29H,6-17H2,1-5H3/t19-,20+,21-,22-,23-,24+,25+,26-/m0/s1. The number of fused-ring (bicyclic) bond motifs is 5. The normalized spacial score (nSPS) is 47.4. The highest BCUT2D eigenvalue weighted by Gasteiger charge is 2.63. The first-order valence-corrected chi connectivity index (χ1v) is 13.0. The van der Waals surface area contributed by atoms with Crippen molar-refractivity contribution in [1.29, 1.82) is 0 Å². The first kappa shape index (κ1) is 22.1. The van der Waals surface area contributed by atoms with Crippen molar-refractivity contribution in [1.82, 2.24) is 0 Å². The summed E-state index contributed by atoms with van der Waals surface area (Å²) in [6.45, 7) is 12.3. The smallest absolute Gasteiger partial charge is 0.165 e. The van der Waals surface area contributed by atoms with Crippen molar-refractivity contribution < 1.29 is 10.2 Å². The predicted octanol–water partition coefficient (Wildman–Crippen LogP) is 6.79. The maximum Gasteiger partial charge on any atom is 0.165 e. The van der Waals surface area contributed by atoms with Crippen LogP contribution in [0, 0.1) is 52.3 Å². The lowest BCUT2D eigenvalue weighted by molar-refractivity contribution is -0.277. The molecule has 0 aromatic carbocycles. The van der Waals surface area contributed by atoms with Gasteiger partial charge in [0, 0.05) is 12.3 Å². The number of hydrogen-bond acceptors (Lipinski definition) is 2. The fraction of sp³-hybridized carbons (Fsp3) is 1.00. The molecule has 0 aliphatic heterocycles. The lowest BCUT2D eigenvalue weighted by Crippen LogP contribution is -2.59. The fourth-order valence-corrected chi connectivity index (χ4v) is 9.50. The summed E-state index contributed by atoms with van der Waals surface area (Å²) < 4.78 is 0. The maximum atomic E-state index is 10.8. The Kier molecular flexibility index (Phi) is 5.95. The molecule has 4 rings (SSSR count). The molecule has 8 atom stereocenters. The molecule has 2 heteroatoms. The van der Waals surface area contributed by atoms with Crippen molar-refractivity contribution in [2.45, 2.75) is 117 Å². The van der Waals surface area contributed by atoms with E-state index in [2.05, 4.69) is 34.6 Å². The molecule has 0 aromatic heterocycles. The molecule has 0 spiro atoms. The molecule has 0 unspecified atom stereocenters. The third-order valence-electron chi connectivity index (χ3n) is 10.9. The van der Waals surface area contributed by atoms with Gasteiger partial charge < -0.3 is 10.2 Å². The number of hydrogen-bond donors (Lipinski definition) is 2. The third-order valence-corrected chi connectivity index (χ3v) is 10.9. The molecular formula is C27H48O2. The Morgan fingerprint density at radius 1 is 0.793 bits per heavy atom. The van der Waals surface area contributed by atoms with E-state index < -0.39 is 5.79 Å². The van der Waals surface area contributed by atoms with Crippen LogP contribution in [0.25, 0.3) is 0 Å². The largest absolute Gasteiger partial charge is 0.365 e. The minimum absolute atomic E-state index is 0.0986. The lowest BCUT2D eigenvalue weighted by Gasteiger charge is -2.62. The highest BCUT2D eigenvalue weighted by Crippen LogP contribution is 2.69. The summed E-state index contributed by atoms with van der Waals surface area (Å²) in [6, 6.07) is 0. The summed E-state index contributed by atoms with van der Waals surface area (Å²) in [5.41, 5.74) is 0.679. The molecule has 29 heavy (non-hydrogen) atoms. The quantitative estimate of drug-likeness (QED) is 0.495. The van der Waals surface area contributed by atoms with E-state index in [1.54, 1.807) is 0 Å². The minimum Gasteiger partial charge on any atom is -0.365 e. The predicted molar refractivity (Wildman–Crippen MR) is 120 cm³/mol. The second-order valence-corrected chi connectivity index (χ2v) is 12.8. The zero-order chi connectivity index (χ0) is 21.0. The van der Waals surface area contributed by atoms with Crippen LogP contribution >= 0.6 is 0 Å². The highest BCUT2D eigenvalue weighted by molar-refractivity contribution is 5.11. The summed E-state index contributed by atoms with van der Waals surface area (Å²) in [4.78, 5) is 0. The first-order valence-electron chi connectivity index (χ1n) is 13.0. The molecule has 4 aliphatic rings. The Labute approximate surface area is 180 Å². The zero-order valence-corrected chi connectivity index (χ0v) is 19.9. The van der Waals surface area contributed by atoms with E-state index in [1.165, 1.54) is 57.8 Å². The van der Waals surface area contributed by atoms with Gasteiger partial charge in [-0.25, -0.2) is 0 Å². The van der Waals surface area contributed by atoms with Gasteiger partial charge in [-0.1, -0.05) is 53.9 Å². The fourth-order valence-electron chi connectivity index (χ4n) is 9.50. The molecule has 0 aromatic rings. The van der Waals surface area contributed by atoms with E-state index in [-0.39, 0.29) is 11.3 Å². The molecule has 0 heterocycles. The van der Waals surface area contributed by atoms with Gasteiger partial charge in [0.25, 0.3) is 0 Å². The van der Waals surface area contributed by atoms with Crippen LogP contribution in [0.15, 0.2) is 0 Å². The Morgan fingerprint density at radius 2 is 1.52 bits per heavy atom. The second-order valence-electron chi connectivity index (χ2n) is 12.8. The average Bonchev–Trinajstić information content (AvgIpc) is 2.98. The average molecular weight is 405 g/mol. The van der Waals surface area contributed by atoms with E-state index in [9.17, 15) is 10.2 Å². The number of aliphatic hydroxyl groups is 2. The maximum absolute atomic E-state index is 10.8. The lowest BCUT2D eigenvalue weighted by atomic mass is 9.43. The van der Waals surface area contributed by atoms with Gasteiger partial charge in [0.05, 0.1) is 0 Å². The molecule has 0 amide bonds. The van der Waals surface area contributed by atoms with Gasteiger partial charge in [0.1, 0.15) is 0 Å². The van der Waals surface area contributed by atoms with Crippen LogP contribution in [0.1, 0.15) is 112 Å². The Morgan fingerprint density at radius 3 is 2.24 bits per heavy atom. The molecule has 4 fully saturated rings. The van der Waals surface area contributed by atoms with Crippen molar-refractivity contribution in [3.63, 3.8) is 0 Å². The van der Waals surface area contributed by atoms with Crippen molar-refractivity contribution in [3.05, 3.63) is 0 Å². The van der Waals surface area contributed by atoms with Crippen molar-refractivity contribution in [3.8, 4) is 0 Å². The van der Waals surface area contributed by atoms with Crippen LogP contribution < -0.4 is 0 Å². The van der Waals surface area contributed by atoms with Crippen LogP contribution in [0.2, 0.25) is 0 Å². The summed E-state index contributed by atoms with van der Waals surface area (Å²) in [7, 11) is 0. The SMILES string of the molecule is CC(C)CCC[C@H](C)[C@@H]1CC[C@H]2[C@H]3CC[C@H]4C(O)(O)CCC[C@@]4(C)[C@H]3CC[C@@]21C. The minimum atomic E-state index is -1.41. The molecule has 2 nitrogen and oxygen atoms in total. The molecule has 4 aliphatic carbocycles. The van der Waals surface area contributed by atoms with Crippen LogP contribution in [0.4, 0.5) is 0 Å². The van der Waals surface area contributed by atoms with Crippen LogP contribution in [0.3, 0.4) is 0 Å². The topological polar surface area (TPSA) is 40.5 Å². The molecule has 168 valence electrons. The Bertz CT molecular complexity index is 583. The highest BCUT2D eigenvalue weighted by atomic mass is 16.5. The summed E-state index contributed by atoms with van der Waals surface area (Å²) >= 11 is 0. The first-order chi connectivity index (χ1) is 13.6. The van der Waals surface area contributed by atoms with Gasteiger partial charge in [0.2, 0.25) is 0 Å². The van der Waals surface area contributed by atoms with E-state index >= 15 is 0 Å². The number of rotatable bonds is 5. The van der Waals surface area contributed by atoms with Gasteiger partial charge in [-0.3, -0.25) is 0 Å². The molecule has 0 bridgehead atoms. The molecule has 4 saturated carbocycles. The van der Waals surface area contributed by atoms with Crippen LogP contribution in [-0.4, -0.2) is 16.0 Å². The Hall–Kier alpha value is -0.0800. The van der Waals surface area contributed by atoms with E-state index in [0.717, 1.165) is 42.4 Å². The Balaban J connectivity index is 1.49. The van der Waals surface area contributed by atoms with Gasteiger partial charge in [-0.2, -0.15) is 0 Å². The summed E-state index contributed by atoms with van der Waals surface area (Å²) in [6.07, 6.45) is 14.8. The van der Waals surface area contributed by atoms with Gasteiger partial charge in [0.15, 0.2) is 5.79 Å². The van der Waals surface area contributed by atoms with Crippen LogP contribution in [-0.2, 0) is 0 Å². The molecule has 0 radical (unpaired) electrons. The summed E-state index contributed by atoms with van der Waals surface area (Å²) in [5.74, 6) is 3.72. The van der Waals surface area contributed by atoms with Crippen LogP contribution in [0.5, 0.6) is 0 Å². The van der Waals surface area contributed by atoms with E-state index in [4.69, 9.17) is 0 Å². The monoisotopic (exact) mass is 404 g/mol. The van der Waals surface area contributed by atoms with Crippen molar-refractivity contribution in [2.24, 2.45) is 52.3 Å². The van der Waals surface area contributed by atoms with E-state index in [0.29, 0.717) is 17.8 Å². The third kappa shape index (κ3) is 3.63. The zero-order valence-electron chi connectivity index (χ0n) is 19.9. The molecule has 0 saturated heterocycles.